The highest BCUT2D eigenvalue weighted by atomic mass is 32.1. The number of hydrogen-bond acceptors (Lipinski definition) is 4. The fourth-order valence-corrected chi connectivity index (χ4v) is 4.81. The molecule has 3 nitrogen and oxygen atoms in total. The first-order valence-electron chi connectivity index (χ1n) is 9.49. The zero-order chi connectivity index (χ0) is 19.7. The van der Waals surface area contributed by atoms with Gasteiger partial charge in [0.05, 0.1) is 0 Å². The van der Waals surface area contributed by atoms with E-state index in [1.807, 2.05) is 12.1 Å². The lowest BCUT2D eigenvalue weighted by molar-refractivity contribution is -0.0548. The van der Waals surface area contributed by atoms with Gasteiger partial charge in [-0.05, 0) is 40.5 Å². The van der Waals surface area contributed by atoms with Crippen molar-refractivity contribution < 1.29 is 18.8 Å². The zero-order valence-corrected chi connectivity index (χ0v) is 16.3. The lowest BCUT2D eigenvalue weighted by Gasteiger charge is -2.31. The summed E-state index contributed by atoms with van der Waals surface area (Å²) >= 11 is 1.62. The molecule has 2 heterocycles. The molecule has 1 aliphatic heterocycles. The maximum Gasteiger partial charge on any atom is 0.489 e. The van der Waals surface area contributed by atoms with Gasteiger partial charge in [0.1, 0.15) is 0 Å². The lowest BCUT2D eigenvalue weighted by atomic mass is 9.77. The minimum Gasteiger partial charge on any atom is -0.423 e. The molecule has 2 aromatic carbocycles. The zero-order valence-electron chi connectivity index (χ0n) is 15.4. The Morgan fingerprint density at radius 3 is 2.54 bits per heavy atom. The Balaban J connectivity index is 1.50. The second-order valence-corrected chi connectivity index (χ2v) is 8.48. The highest BCUT2D eigenvalue weighted by Crippen LogP contribution is 2.33. The van der Waals surface area contributed by atoms with Crippen LogP contribution in [-0.4, -0.2) is 47.6 Å². The number of nitrogens with zero attached hydrogens (tertiary/aromatic N) is 1. The summed E-state index contributed by atoms with van der Waals surface area (Å²) in [5, 5.41) is 20.4. The van der Waals surface area contributed by atoms with Crippen LogP contribution < -0.4 is 5.46 Å². The fraction of sp³-hybridized carbons (Fsp3) is 0.333. The molecule has 4 rings (SSSR count). The maximum absolute atomic E-state index is 13.3. The van der Waals surface area contributed by atoms with Gasteiger partial charge in [0.2, 0.25) is 0 Å². The third-order valence-electron chi connectivity index (χ3n) is 5.39. The Hall–Kier alpha value is -1.80. The van der Waals surface area contributed by atoms with E-state index >= 15 is 0 Å². The van der Waals surface area contributed by atoms with Crippen LogP contribution in [0.3, 0.4) is 0 Å². The van der Waals surface area contributed by atoms with Crippen LogP contribution in [0.4, 0.5) is 8.78 Å². The van der Waals surface area contributed by atoms with Crippen LogP contribution in [0.2, 0.25) is 0 Å². The molecule has 146 valence electrons. The molecule has 0 radical (unpaired) electrons. The summed E-state index contributed by atoms with van der Waals surface area (Å²) < 4.78 is 27.7. The molecule has 3 aromatic rings. The van der Waals surface area contributed by atoms with Gasteiger partial charge < -0.3 is 14.9 Å². The number of piperidine rings is 1. The largest absolute Gasteiger partial charge is 0.489 e. The molecule has 0 atom stereocenters. The van der Waals surface area contributed by atoms with E-state index in [0.29, 0.717) is 18.6 Å². The van der Waals surface area contributed by atoms with Gasteiger partial charge in [-0.3, -0.25) is 0 Å². The van der Waals surface area contributed by atoms with Crippen LogP contribution in [-0.2, 0) is 6.42 Å². The van der Waals surface area contributed by atoms with E-state index < -0.39 is 13.0 Å². The summed E-state index contributed by atoms with van der Waals surface area (Å²) in [6.45, 7) is 1.70. The second kappa shape index (κ2) is 7.91. The standard InChI is InChI=1S/C21H22BF2NO2S/c23-21(24)8-11-25(12-9-21)10-7-15-5-6-19-16(13-15)14-20(28-19)17-3-1-2-4-18(17)22(26)27/h1-6,13-14,26-27H,7-12H2. The minimum absolute atomic E-state index is 0.0456. The molecule has 2 N–H and O–H groups in total. The van der Waals surface area contributed by atoms with Gasteiger partial charge in [0.25, 0.3) is 5.92 Å². The van der Waals surface area contributed by atoms with Crippen molar-refractivity contribution in [2.75, 3.05) is 19.6 Å². The number of benzene rings is 2. The highest BCUT2D eigenvalue weighted by molar-refractivity contribution is 7.22. The van der Waals surface area contributed by atoms with Crippen LogP contribution in [0.1, 0.15) is 18.4 Å². The Morgan fingerprint density at radius 1 is 1.04 bits per heavy atom. The average Bonchev–Trinajstić information content (AvgIpc) is 3.10. The lowest BCUT2D eigenvalue weighted by Crippen LogP contribution is -2.40. The molecule has 1 aliphatic rings. The molecule has 0 aliphatic carbocycles. The van der Waals surface area contributed by atoms with E-state index in [1.54, 1.807) is 23.5 Å². The number of thiophene rings is 1. The number of fused-ring (bicyclic) bond motifs is 1. The van der Waals surface area contributed by atoms with Crippen LogP contribution in [0.25, 0.3) is 20.5 Å². The number of rotatable bonds is 5. The van der Waals surface area contributed by atoms with Gasteiger partial charge in [-0.15, -0.1) is 11.3 Å². The van der Waals surface area contributed by atoms with Crippen LogP contribution in [0.15, 0.2) is 48.5 Å². The van der Waals surface area contributed by atoms with Gasteiger partial charge in [0.15, 0.2) is 0 Å². The molecule has 0 spiro atoms. The summed E-state index contributed by atoms with van der Waals surface area (Å²) in [6, 6.07) is 15.7. The van der Waals surface area contributed by atoms with Crippen molar-refractivity contribution in [3.63, 3.8) is 0 Å². The summed E-state index contributed by atoms with van der Waals surface area (Å²) in [6.07, 6.45) is 0.741. The first kappa shape index (κ1) is 19.5. The van der Waals surface area contributed by atoms with E-state index in [-0.39, 0.29) is 12.8 Å². The molecule has 0 unspecified atom stereocenters. The number of hydrogen-bond donors (Lipinski definition) is 2. The van der Waals surface area contributed by atoms with Crippen LogP contribution in [0, 0.1) is 0 Å². The van der Waals surface area contributed by atoms with E-state index in [4.69, 9.17) is 0 Å². The molecule has 28 heavy (non-hydrogen) atoms. The Bertz CT molecular complexity index is 966. The highest BCUT2D eigenvalue weighted by Gasteiger charge is 2.33. The molecule has 0 saturated carbocycles. The Morgan fingerprint density at radius 2 is 1.79 bits per heavy atom. The third-order valence-corrected chi connectivity index (χ3v) is 6.54. The van der Waals surface area contributed by atoms with E-state index in [2.05, 4.69) is 29.2 Å². The van der Waals surface area contributed by atoms with Crippen LogP contribution in [0.5, 0.6) is 0 Å². The first-order chi connectivity index (χ1) is 13.4. The van der Waals surface area contributed by atoms with Crippen molar-refractivity contribution in [3.8, 4) is 10.4 Å². The monoisotopic (exact) mass is 401 g/mol. The second-order valence-electron chi connectivity index (χ2n) is 7.39. The van der Waals surface area contributed by atoms with Gasteiger partial charge in [0, 0.05) is 42.1 Å². The predicted molar refractivity (Wildman–Crippen MR) is 111 cm³/mol. The smallest absolute Gasteiger partial charge is 0.423 e. The van der Waals surface area contributed by atoms with Crippen molar-refractivity contribution in [2.45, 2.75) is 25.2 Å². The average molecular weight is 401 g/mol. The molecule has 7 heteroatoms. The van der Waals surface area contributed by atoms with Gasteiger partial charge in [-0.1, -0.05) is 36.4 Å². The van der Waals surface area contributed by atoms with Crippen molar-refractivity contribution in [2.24, 2.45) is 0 Å². The van der Waals surface area contributed by atoms with Crippen molar-refractivity contribution in [1.29, 1.82) is 0 Å². The van der Waals surface area contributed by atoms with Gasteiger partial charge in [-0.2, -0.15) is 0 Å². The molecule has 1 fully saturated rings. The molecule has 1 saturated heterocycles. The number of alkyl halides is 2. The van der Waals surface area contributed by atoms with E-state index in [9.17, 15) is 18.8 Å². The predicted octanol–water partition coefficient (Wildman–Crippen LogP) is 3.52. The van der Waals surface area contributed by atoms with Crippen LogP contribution >= 0.6 is 11.3 Å². The maximum atomic E-state index is 13.3. The normalized spacial score (nSPS) is 17.1. The van der Waals surface area contributed by atoms with Crippen molar-refractivity contribution in [1.82, 2.24) is 4.90 Å². The SMILES string of the molecule is OB(O)c1ccccc1-c1cc2cc(CCN3CCC(F)(F)CC3)ccc2s1. The van der Waals surface area contributed by atoms with Gasteiger partial charge >= 0.3 is 7.12 Å². The van der Waals surface area contributed by atoms with E-state index in [1.165, 1.54) is 5.56 Å². The Kier molecular flexibility index (Phi) is 5.51. The fourth-order valence-electron chi connectivity index (χ4n) is 3.72. The topological polar surface area (TPSA) is 43.7 Å². The molecular formula is C21H22BF2NO2S. The molecule has 0 bridgehead atoms. The minimum atomic E-state index is -2.50. The van der Waals surface area contributed by atoms with Crippen molar-refractivity contribution in [3.05, 3.63) is 54.1 Å². The summed E-state index contributed by atoms with van der Waals surface area (Å²) in [7, 11) is -1.51. The number of likely N-dealkylation sites (tertiary alicyclic amines) is 1. The van der Waals surface area contributed by atoms with E-state index in [0.717, 1.165) is 33.5 Å². The summed E-state index contributed by atoms with van der Waals surface area (Å²) in [5.74, 6) is -2.50. The third kappa shape index (κ3) is 4.28. The first-order valence-corrected chi connectivity index (χ1v) is 10.3. The summed E-state index contributed by atoms with van der Waals surface area (Å²) in [5.41, 5.74) is 2.51. The van der Waals surface area contributed by atoms with Crippen molar-refractivity contribution >= 4 is 34.0 Å². The molecule has 0 amide bonds. The summed E-state index contributed by atoms with van der Waals surface area (Å²) in [4.78, 5) is 3.11. The molecular weight excluding hydrogens is 379 g/mol. The quantitative estimate of drug-likeness (QED) is 0.643. The number of halogens is 2. The van der Waals surface area contributed by atoms with Gasteiger partial charge in [-0.25, -0.2) is 8.78 Å². The Labute approximate surface area is 167 Å². The molecule has 1 aromatic heterocycles.